The summed E-state index contributed by atoms with van der Waals surface area (Å²) in [5.74, 6) is -0.306. The number of benzene rings is 2. The van der Waals surface area contributed by atoms with Gasteiger partial charge in [-0.05, 0) is 30.5 Å². The lowest BCUT2D eigenvalue weighted by Gasteiger charge is -2.29. The predicted octanol–water partition coefficient (Wildman–Crippen LogP) is 6.07. The molecule has 4 atom stereocenters. The van der Waals surface area contributed by atoms with E-state index in [-0.39, 0.29) is 35.6 Å². The van der Waals surface area contributed by atoms with E-state index < -0.39 is 0 Å². The summed E-state index contributed by atoms with van der Waals surface area (Å²) in [4.78, 5) is 13.9. The van der Waals surface area contributed by atoms with E-state index in [9.17, 15) is 9.90 Å². The third kappa shape index (κ3) is 7.06. The first kappa shape index (κ1) is 23.8. The second kappa shape index (κ2) is 12.8. The SMILES string of the molecule is CCCCCC=CC(Sc1ccccc1)C1C(OCc2ccccc2)CC(=O)C1CO. The maximum Gasteiger partial charge on any atom is 0.141 e. The molecule has 2 aromatic rings. The Morgan fingerprint density at radius 2 is 1.81 bits per heavy atom. The van der Waals surface area contributed by atoms with Gasteiger partial charge in [-0.15, -0.1) is 11.8 Å². The zero-order valence-electron chi connectivity index (χ0n) is 18.4. The van der Waals surface area contributed by atoms with Gasteiger partial charge in [0, 0.05) is 28.4 Å². The standard InChI is InChI=1S/C27H34O3S/c1-2-3-4-5-12-17-26(31-22-15-10-7-11-16-22)27-23(19-28)24(29)18-25(27)30-20-21-13-8-6-9-14-21/h6-17,23,25-28H,2-5,18-20H2,1H3. The van der Waals surface area contributed by atoms with Crippen molar-refractivity contribution in [2.24, 2.45) is 11.8 Å². The van der Waals surface area contributed by atoms with E-state index in [0.717, 1.165) is 12.0 Å². The van der Waals surface area contributed by atoms with Crippen molar-refractivity contribution in [1.82, 2.24) is 0 Å². The van der Waals surface area contributed by atoms with Gasteiger partial charge in [-0.3, -0.25) is 4.79 Å². The number of ketones is 1. The Labute approximate surface area is 190 Å². The normalized spacial score (nSPS) is 22.3. The lowest BCUT2D eigenvalue weighted by Crippen LogP contribution is -2.33. The van der Waals surface area contributed by atoms with Gasteiger partial charge in [0.15, 0.2) is 0 Å². The first-order valence-electron chi connectivity index (χ1n) is 11.4. The van der Waals surface area contributed by atoms with E-state index >= 15 is 0 Å². The van der Waals surface area contributed by atoms with Crippen LogP contribution in [-0.4, -0.2) is 28.9 Å². The van der Waals surface area contributed by atoms with Crippen molar-refractivity contribution in [3.05, 3.63) is 78.4 Å². The Morgan fingerprint density at radius 3 is 2.48 bits per heavy atom. The number of unbranched alkanes of at least 4 members (excludes halogenated alkanes) is 3. The number of Topliss-reactive ketones (excluding diaryl/α,β-unsaturated/α-hetero) is 1. The van der Waals surface area contributed by atoms with Crippen molar-refractivity contribution in [1.29, 1.82) is 0 Å². The van der Waals surface area contributed by atoms with Crippen LogP contribution in [0, 0.1) is 11.8 Å². The van der Waals surface area contributed by atoms with Gasteiger partial charge in [-0.1, -0.05) is 80.4 Å². The van der Waals surface area contributed by atoms with E-state index in [2.05, 4.69) is 31.2 Å². The summed E-state index contributed by atoms with van der Waals surface area (Å²) in [5.41, 5.74) is 1.10. The lowest BCUT2D eigenvalue weighted by molar-refractivity contribution is -0.122. The molecule has 0 aliphatic heterocycles. The molecule has 1 N–H and O–H groups in total. The molecule has 0 radical (unpaired) electrons. The topological polar surface area (TPSA) is 46.5 Å². The van der Waals surface area contributed by atoms with Crippen molar-refractivity contribution < 1.29 is 14.6 Å². The quantitative estimate of drug-likeness (QED) is 0.248. The first-order chi connectivity index (χ1) is 15.2. The van der Waals surface area contributed by atoms with Crippen LogP contribution in [0.5, 0.6) is 0 Å². The summed E-state index contributed by atoms with van der Waals surface area (Å²) in [6.45, 7) is 2.57. The molecule has 0 saturated heterocycles. The minimum atomic E-state index is -0.373. The average molecular weight is 439 g/mol. The second-order valence-electron chi connectivity index (χ2n) is 8.19. The molecule has 0 amide bonds. The minimum absolute atomic E-state index is 0.0474. The Hall–Kier alpha value is -1.88. The molecule has 0 spiro atoms. The Bertz CT molecular complexity index is 806. The van der Waals surface area contributed by atoms with Gasteiger partial charge in [0.05, 0.1) is 19.3 Å². The number of carbonyl (C=O) groups is 1. The maximum absolute atomic E-state index is 12.7. The van der Waals surface area contributed by atoms with Crippen LogP contribution in [0.25, 0.3) is 0 Å². The average Bonchev–Trinajstić information content (AvgIpc) is 3.13. The van der Waals surface area contributed by atoms with Gasteiger partial charge in [0.1, 0.15) is 5.78 Å². The van der Waals surface area contributed by atoms with Gasteiger partial charge < -0.3 is 9.84 Å². The van der Waals surface area contributed by atoms with Crippen LogP contribution in [0.15, 0.2) is 77.7 Å². The Balaban J connectivity index is 1.79. The third-order valence-electron chi connectivity index (χ3n) is 5.91. The van der Waals surface area contributed by atoms with E-state index in [1.54, 1.807) is 11.8 Å². The number of thioether (sulfide) groups is 1. The molecule has 1 saturated carbocycles. The number of hydrogen-bond donors (Lipinski definition) is 1. The zero-order chi connectivity index (χ0) is 21.9. The predicted molar refractivity (Wildman–Crippen MR) is 128 cm³/mol. The molecule has 4 heteroatoms. The first-order valence-corrected chi connectivity index (χ1v) is 12.3. The van der Waals surface area contributed by atoms with E-state index in [4.69, 9.17) is 4.74 Å². The third-order valence-corrected chi connectivity index (χ3v) is 7.20. The fourth-order valence-electron chi connectivity index (χ4n) is 4.22. The van der Waals surface area contributed by atoms with Gasteiger partial charge in [0.25, 0.3) is 0 Å². The van der Waals surface area contributed by atoms with Crippen LogP contribution in [0.2, 0.25) is 0 Å². The molecule has 31 heavy (non-hydrogen) atoms. The second-order valence-corrected chi connectivity index (χ2v) is 9.44. The number of ether oxygens (including phenoxy) is 1. The highest BCUT2D eigenvalue weighted by molar-refractivity contribution is 8.00. The maximum atomic E-state index is 12.7. The number of aliphatic hydroxyl groups is 1. The van der Waals surface area contributed by atoms with Crippen LogP contribution in [0.1, 0.15) is 44.6 Å². The molecule has 3 rings (SSSR count). The van der Waals surface area contributed by atoms with Crippen molar-refractivity contribution >= 4 is 17.5 Å². The summed E-state index contributed by atoms with van der Waals surface area (Å²) in [6.07, 6.45) is 9.33. The van der Waals surface area contributed by atoms with Crippen LogP contribution >= 0.6 is 11.8 Å². The Morgan fingerprint density at radius 1 is 1.10 bits per heavy atom. The smallest absolute Gasteiger partial charge is 0.141 e. The van der Waals surface area contributed by atoms with E-state index in [0.29, 0.717) is 13.0 Å². The highest BCUT2D eigenvalue weighted by Gasteiger charge is 2.46. The summed E-state index contributed by atoms with van der Waals surface area (Å²) < 4.78 is 6.29. The van der Waals surface area contributed by atoms with Crippen LogP contribution in [0.3, 0.4) is 0 Å². The monoisotopic (exact) mass is 438 g/mol. The van der Waals surface area contributed by atoms with E-state index in [1.165, 1.54) is 24.2 Å². The summed E-state index contributed by atoms with van der Waals surface area (Å²) in [7, 11) is 0. The molecule has 4 unspecified atom stereocenters. The number of rotatable bonds is 12. The number of hydrogen-bond acceptors (Lipinski definition) is 4. The number of allylic oxidation sites excluding steroid dienone is 1. The molecule has 1 fully saturated rings. The van der Waals surface area contributed by atoms with Gasteiger partial charge in [-0.2, -0.15) is 0 Å². The van der Waals surface area contributed by atoms with E-state index in [1.807, 2.05) is 48.5 Å². The molecule has 1 aliphatic carbocycles. The van der Waals surface area contributed by atoms with Crippen molar-refractivity contribution in [2.45, 2.75) is 61.9 Å². The van der Waals surface area contributed by atoms with Crippen LogP contribution < -0.4 is 0 Å². The summed E-state index contributed by atoms with van der Waals surface area (Å²) in [6, 6.07) is 20.4. The summed E-state index contributed by atoms with van der Waals surface area (Å²) in [5, 5.41) is 10.1. The van der Waals surface area contributed by atoms with Crippen LogP contribution in [0.4, 0.5) is 0 Å². The lowest BCUT2D eigenvalue weighted by atomic mass is 9.90. The Kier molecular flexibility index (Phi) is 9.85. The fraction of sp³-hybridized carbons (Fsp3) is 0.444. The highest BCUT2D eigenvalue weighted by Crippen LogP contribution is 2.42. The molecule has 2 aromatic carbocycles. The number of aliphatic hydroxyl groups excluding tert-OH is 1. The molecule has 166 valence electrons. The molecule has 0 heterocycles. The molecule has 3 nitrogen and oxygen atoms in total. The highest BCUT2D eigenvalue weighted by atomic mass is 32.2. The molecule has 0 aromatic heterocycles. The zero-order valence-corrected chi connectivity index (χ0v) is 19.2. The van der Waals surface area contributed by atoms with Gasteiger partial charge in [0.2, 0.25) is 0 Å². The van der Waals surface area contributed by atoms with Gasteiger partial charge >= 0.3 is 0 Å². The van der Waals surface area contributed by atoms with Crippen molar-refractivity contribution in [3.63, 3.8) is 0 Å². The van der Waals surface area contributed by atoms with Crippen LogP contribution in [-0.2, 0) is 16.1 Å². The largest absolute Gasteiger partial charge is 0.396 e. The minimum Gasteiger partial charge on any atom is -0.396 e. The summed E-state index contributed by atoms with van der Waals surface area (Å²) >= 11 is 1.77. The molecular formula is C27H34O3S. The number of carbonyl (C=O) groups excluding carboxylic acids is 1. The van der Waals surface area contributed by atoms with Crippen molar-refractivity contribution in [2.75, 3.05) is 6.61 Å². The van der Waals surface area contributed by atoms with Gasteiger partial charge in [-0.25, -0.2) is 0 Å². The van der Waals surface area contributed by atoms with Crippen molar-refractivity contribution in [3.8, 4) is 0 Å². The fourth-order valence-corrected chi connectivity index (χ4v) is 5.56. The molecule has 0 bridgehead atoms. The molecule has 1 aliphatic rings. The molecular weight excluding hydrogens is 404 g/mol.